The monoisotopic (exact) mass is 535 g/mol. The molecule has 8 nitrogen and oxygen atoms in total. The number of aromatic nitrogens is 4. The second-order valence-corrected chi connectivity index (χ2v) is 11.0. The van der Waals surface area contributed by atoms with Gasteiger partial charge in [0.15, 0.2) is 5.78 Å². The molecule has 2 aromatic heterocycles. The number of Topliss-reactive ketones (excluding diaryl/α,β-unsaturated/α-hetero) is 1. The second-order valence-electron chi connectivity index (χ2n) is 9.19. The molecule has 1 aromatic carbocycles. The zero-order valence-corrected chi connectivity index (χ0v) is 20.1. The van der Waals surface area contributed by atoms with E-state index >= 15 is 0 Å². The first-order valence-corrected chi connectivity index (χ1v) is 13.0. The van der Waals surface area contributed by atoms with Gasteiger partial charge in [-0.3, -0.25) is 4.79 Å². The molecule has 1 atom stereocenters. The highest BCUT2D eigenvalue weighted by Gasteiger charge is 2.60. The molecule has 0 amide bonds. The molecular weight excluding hydrogens is 514 g/mol. The van der Waals surface area contributed by atoms with Crippen molar-refractivity contribution in [2.24, 2.45) is 0 Å². The number of carbonyl (C=O) groups is 1. The number of rotatable bonds is 7. The maximum Gasteiger partial charge on any atom is 0.451 e. The first kappa shape index (κ1) is 25.3. The van der Waals surface area contributed by atoms with Crippen LogP contribution in [0.1, 0.15) is 43.6 Å². The molecule has 194 valence electrons. The van der Waals surface area contributed by atoms with Crippen LogP contribution in [-0.4, -0.2) is 50.0 Å². The van der Waals surface area contributed by atoms with E-state index < -0.39 is 39.4 Å². The van der Waals surface area contributed by atoms with Crippen LogP contribution in [0.5, 0.6) is 0 Å². The third-order valence-electron chi connectivity index (χ3n) is 6.76. The number of carbonyl (C=O) groups excluding carboxylic acids is 1. The minimum absolute atomic E-state index is 0.0101. The average molecular weight is 536 g/mol. The van der Waals surface area contributed by atoms with Gasteiger partial charge in [0.1, 0.15) is 12.1 Å². The van der Waals surface area contributed by atoms with Gasteiger partial charge in [-0.1, -0.05) is 0 Å². The van der Waals surface area contributed by atoms with Crippen molar-refractivity contribution >= 4 is 15.8 Å². The maximum absolute atomic E-state index is 13.4. The summed E-state index contributed by atoms with van der Waals surface area (Å²) in [7, 11) is -4.01. The van der Waals surface area contributed by atoms with E-state index in [0.29, 0.717) is 37.1 Å². The van der Waals surface area contributed by atoms with Crippen LogP contribution >= 0.6 is 0 Å². The van der Waals surface area contributed by atoms with Gasteiger partial charge < -0.3 is 0 Å². The summed E-state index contributed by atoms with van der Waals surface area (Å²) in [6.45, 7) is 0. The van der Waals surface area contributed by atoms with Crippen molar-refractivity contribution in [3.8, 4) is 11.3 Å². The Morgan fingerprint density at radius 3 is 2.32 bits per heavy atom. The molecule has 3 heterocycles. The summed E-state index contributed by atoms with van der Waals surface area (Å²) < 4.78 is 79.7. The van der Waals surface area contributed by atoms with Crippen LogP contribution < -0.4 is 0 Å². The van der Waals surface area contributed by atoms with Gasteiger partial charge in [-0.2, -0.15) is 17.5 Å². The largest absolute Gasteiger partial charge is 0.451 e. The van der Waals surface area contributed by atoms with Crippen molar-refractivity contribution in [1.29, 1.82) is 0 Å². The molecule has 0 N–H and O–H groups in total. The van der Waals surface area contributed by atoms with Gasteiger partial charge in [-0.15, -0.1) is 0 Å². The van der Waals surface area contributed by atoms with E-state index in [1.54, 1.807) is 0 Å². The van der Waals surface area contributed by atoms with Crippen molar-refractivity contribution in [3.63, 3.8) is 0 Å². The molecule has 13 heteroatoms. The van der Waals surface area contributed by atoms with Crippen LogP contribution in [0.4, 0.5) is 17.6 Å². The molecule has 0 radical (unpaired) electrons. The van der Waals surface area contributed by atoms with Gasteiger partial charge in [0.2, 0.25) is 15.8 Å². The van der Waals surface area contributed by atoms with E-state index in [0.717, 1.165) is 24.5 Å². The Balaban J connectivity index is 1.31. The van der Waals surface area contributed by atoms with Gasteiger partial charge >= 0.3 is 6.18 Å². The molecule has 3 aromatic rings. The summed E-state index contributed by atoms with van der Waals surface area (Å²) in [5.41, 5.74) is 0.443. The smallest absolute Gasteiger partial charge is 0.298 e. The third-order valence-corrected chi connectivity index (χ3v) is 8.78. The fraction of sp³-hybridized carbons (Fsp3) is 0.375. The van der Waals surface area contributed by atoms with Crippen molar-refractivity contribution < 1.29 is 30.8 Å². The van der Waals surface area contributed by atoms with E-state index in [-0.39, 0.29) is 29.1 Å². The van der Waals surface area contributed by atoms with Crippen LogP contribution in [0.15, 0.2) is 53.9 Å². The van der Waals surface area contributed by atoms with E-state index in [2.05, 4.69) is 19.9 Å². The van der Waals surface area contributed by atoms with Gasteiger partial charge in [0, 0.05) is 35.6 Å². The van der Waals surface area contributed by atoms with Gasteiger partial charge in [-0.05, 0) is 62.4 Å². The number of halogens is 4. The molecule has 1 aliphatic heterocycles. The summed E-state index contributed by atoms with van der Waals surface area (Å²) in [5, 5.41) is 0. The molecule has 0 bridgehead atoms. The summed E-state index contributed by atoms with van der Waals surface area (Å²) in [5.74, 6) is -2.07. The summed E-state index contributed by atoms with van der Waals surface area (Å²) in [4.78, 5) is 28.0. The lowest BCUT2D eigenvalue weighted by Gasteiger charge is -2.28. The minimum Gasteiger partial charge on any atom is -0.298 e. The highest BCUT2D eigenvalue weighted by atomic mass is 32.2. The molecule has 1 spiro atoms. The molecule has 1 saturated carbocycles. The number of alkyl halides is 3. The summed E-state index contributed by atoms with van der Waals surface area (Å²) in [6, 6.07) is 5.26. The Morgan fingerprint density at radius 1 is 1.03 bits per heavy atom. The molecule has 1 aliphatic carbocycles. The van der Waals surface area contributed by atoms with Crippen molar-refractivity contribution in [2.45, 2.75) is 61.2 Å². The van der Waals surface area contributed by atoms with Gasteiger partial charge in [0.25, 0.3) is 0 Å². The Kier molecular flexibility index (Phi) is 6.31. The quantitative estimate of drug-likeness (QED) is 0.422. The van der Waals surface area contributed by atoms with Crippen LogP contribution in [0.2, 0.25) is 0 Å². The zero-order chi connectivity index (χ0) is 26.4. The number of ketones is 1. The highest BCUT2D eigenvalue weighted by molar-refractivity contribution is 7.89. The predicted molar refractivity (Wildman–Crippen MR) is 122 cm³/mol. The Labute approximate surface area is 209 Å². The lowest BCUT2D eigenvalue weighted by Crippen LogP contribution is -2.46. The predicted octanol–water partition coefficient (Wildman–Crippen LogP) is 3.98. The average Bonchev–Trinajstić information content (AvgIpc) is 3.53. The van der Waals surface area contributed by atoms with Crippen LogP contribution in [-0.2, 0) is 27.4 Å². The van der Waals surface area contributed by atoms with Crippen molar-refractivity contribution in [2.75, 3.05) is 0 Å². The maximum atomic E-state index is 13.4. The number of aryl methyl sites for hydroxylation is 1. The Hall–Kier alpha value is -3.32. The lowest BCUT2D eigenvalue weighted by atomic mass is 10.0. The minimum atomic E-state index is -4.66. The van der Waals surface area contributed by atoms with Gasteiger partial charge in [0.05, 0.1) is 16.6 Å². The Bertz CT molecular complexity index is 1430. The number of benzene rings is 1. The standard InChI is InChI=1S/C24H21F4N5O3S/c25-16-1-4-18(5-2-16)37(35,36)33-20(7-8-23(33)9-10-23)21(34)6-3-17-11-19(32-14-31-17)15-12-29-22(30-13-15)24(26,27)28/h1-2,4-5,11-14,20H,3,6-10H2/t20-/m0/s1. The van der Waals surface area contributed by atoms with E-state index in [1.807, 2.05) is 0 Å². The summed E-state index contributed by atoms with van der Waals surface area (Å²) >= 11 is 0. The molecule has 37 heavy (non-hydrogen) atoms. The van der Waals surface area contributed by atoms with Crippen LogP contribution in [0.25, 0.3) is 11.3 Å². The topological polar surface area (TPSA) is 106 Å². The van der Waals surface area contributed by atoms with Crippen molar-refractivity contribution in [1.82, 2.24) is 24.2 Å². The summed E-state index contributed by atoms with van der Waals surface area (Å²) in [6.07, 6.45) is 1.10. The number of hydrogen-bond acceptors (Lipinski definition) is 7. The first-order chi connectivity index (χ1) is 17.5. The molecule has 2 fully saturated rings. The zero-order valence-electron chi connectivity index (χ0n) is 19.3. The fourth-order valence-electron chi connectivity index (χ4n) is 4.73. The first-order valence-electron chi connectivity index (χ1n) is 11.5. The van der Waals surface area contributed by atoms with Gasteiger partial charge in [-0.25, -0.2) is 32.7 Å². The molecule has 1 saturated heterocycles. The molecule has 5 rings (SSSR count). The fourth-order valence-corrected chi connectivity index (χ4v) is 6.78. The normalized spacial score (nSPS) is 19.3. The second kappa shape index (κ2) is 9.21. The van der Waals surface area contributed by atoms with Crippen molar-refractivity contribution in [3.05, 3.63) is 66.4 Å². The molecule has 0 unspecified atom stereocenters. The molecule has 2 aliphatic rings. The van der Waals surface area contributed by atoms with Crippen LogP contribution in [0.3, 0.4) is 0 Å². The number of nitrogens with zero attached hydrogens (tertiary/aromatic N) is 5. The lowest BCUT2D eigenvalue weighted by molar-refractivity contribution is -0.145. The number of hydrogen-bond donors (Lipinski definition) is 0. The van der Waals surface area contributed by atoms with Crippen LogP contribution in [0, 0.1) is 5.82 Å². The van der Waals surface area contributed by atoms with E-state index in [4.69, 9.17) is 0 Å². The highest BCUT2D eigenvalue weighted by Crippen LogP contribution is 2.54. The molecular formula is C24H21F4N5O3S. The van der Waals surface area contributed by atoms with E-state index in [1.165, 1.54) is 28.8 Å². The number of sulfonamides is 1. The Morgan fingerprint density at radius 2 is 1.70 bits per heavy atom. The SMILES string of the molecule is O=C(CCc1cc(-c2cnc(C(F)(F)F)nc2)ncn1)[C@@H]1CCC2(CC2)N1S(=O)(=O)c1ccc(F)cc1. The van der Waals surface area contributed by atoms with E-state index in [9.17, 15) is 30.8 Å². The third kappa shape index (κ3) is 4.97.